The summed E-state index contributed by atoms with van der Waals surface area (Å²) in [5.41, 5.74) is 11.7. The molecular weight excluding hydrogens is 222 g/mol. The predicted octanol–water partition coefficient (Wildman–Crippen LogP) is 2.76. The lowest BCUT2D eigenvalue weighted by Gasteiger charge is -2.13. The maximum atomic E-state index is 5.85. The van der Waals surface area contributed by atoms with E-state index in [2.05, 4.69) is 49.7 Å². The third-order valence-electron chi connectivity index (χ3n) is 3.31. The minimum atomic E-state index is 0.543. The molecule has 2 N–H and O–H groups in total. The van der Waals surface area contributed by atoms with E-state index in [9.17, 15) is 0 Å². The first-order chi connectivity index (χ1) is 8.71. The van der Waals surface area contributed by atoms with Gasteiger partial charge < -0.3 is 5.73 Å². The zero-order valence-electron chi connectivity index (χ0n) is 11.4. The normalized spacial score (nSPS) is 10.9. The zero-order chi connectivity index (χ0) is 13.1. The molecule has 0 amide bonds. The average Bonchev–Trinajstić information content (AvgIpc) is 2.81. The van der Waals surface area contributed by atoms with Crippen molar-refractivity contribution in [2.45, 2.75) is 40.2 Å². The van der Waals surface area contributed by atoms with Gasteiger partial charge in [-0.3, -0.25) is 0 Å². The van der Waals surface area contributed by atoms with Crippen molar-refractivity contribution < 1.29 is 0 Å². The van der Waals surface area contributed by atoms with Gasteiger partial charge in [-0.05, 0) is 37.0 Å². The maximum absolute atomic E-state index is 5.85. The minimum Gasteiger partial charge on any atom is -0.326 e. The van der Waals surface area contributed by atoms with Crippen LogP contribution in [0.15, 0.2) is 24.3 Å². The van der Waals surface area contributed by atoms with Crippen LogP contribution in [0.2, 0.25) is 0 Å². The van der Waals surface area contributed by atoms with Crippen LogP contribution in [0.1, 0.15) is 36.4 Å². The van der Waals surface area contributed by atoms with Gasteiger partial charge in [0.2, 0.25) is 0 Å². The summed E-state index contributed by atoms with van der Waals surface area (Å²) in [6.07, 6.45) is 1.94. The molecule has 0 bridgehead atoms. The highest BCUT2D eigenvalue weighted by molar-refractivity contribution is 5.48. The van der Waals surface area contributed by atoms with Gasteiger partial charge in [0.05, 0.1) is 11.4 Å². The van der Waals surface area contributed by atoms with Gasteiger partial charge >= 0.3 is 0 Å². The standard InChI is InChI=1S/C15H21N3/c1-4-13-9-14(5-2)18(17-13)15-11(3)7-6-8-12(15)10-16/h6-9H,4-5,10,16H2,1-3H3. The van der Waals surface area contributed by atoms with Crippen LogP contribution in [-0.4, -0.2) is 9.78 Å². The molecule has 0 radical (unpaired) electrons. The first-order valence-corrected chi connectivity index (χ1v) is 6.58. The third kappa shape index (κ3) is 2.18. The maximum Gasteiger partial charge on any atom is 0.0722 e. The number of hydrogen-bond acceptors (Lipinski definition) is 2. The number of aromatic nitrogens is 2. The van der Waals surface area contributed by atoms with Crippen LogP contribution in [0.5, 0.6) is 0 Å². The molecule has 2 rings (SSSR count). The molecule has 0 saturated heterocycles. The van der Waals surface area contributed by atoms with Gasteiger partial charge in [-0.25, -0.2) is 4.68 Å². The lowest BCUT2D eigenvalue weighted by atomic mass is 10.1. The quantitative estimate of drug-likeness (QED) is 0.897. The molecule has 1 heterocycles. The van der Waals surface area contributed by atoms with Crippen molar-refractivity contribution in [3.63, 3.8) is 0 Å². The van der Waals surface area contributed by atoms with Crippen LogP contribution < -0.4 is 5.73 Å². The molecule has 0 aliphatic heterocycles. The highest BCUT2D eigenvalue weighted by Crippen LogP contribution is 2.21. The van der Waals surface area contributed by atoms with E-state index in [0.29, 0.717) is 6.54 Å². The summed E-state index contributed by atoms with van der Waals surface area (Å²) in [4.78, 5) is 0. The Hall–Kier alpha value is -1.61. The monoisotopic (exact) mass is 243 g/mol. The number of nitrogens with two attached hydrogens (primary N) is 1. The molecule has 18 heavy (non-hydrogen) atoms. The van der Waals surface area contributed by atoms with Gasteiger partial charge in [-0.1, -0.05) is 32.0 Å². The molecule has 0 fully saturated rings. The molecule has 0 spiro atoms. The van der Waals surface area contributed by atoms with Crippen molar-refractivity contribution in [1.82, 2.24) is 9.78 Å². The van der Waals surface area contributed by atoms with Gasteiger partial charge in [0, 0.05) is 12.2 Å². The fourth-order valence-corrected chi connectivity index (χ4v) is 2.28. The van der Waals surface area contributed by atoms with E-state index in [0.717, 1.165) is 29.8 Å². The van der Waals surface area contributed by atoms with Crippen molar-refractivity contribution in [2.75, 3.05) is 0 Å². The van der Waals surface area contributed by atoms with Gasteiger partial charge in [0.15, 0.2) is 0 Å². The third-order valence-corrected chi connectivity index (χ3v) is 3.31. The van der Waals surface area contributed by atoms with Crippen molar-refractivity contribution in [3.8, 4) is 5.69 Å². The Kier molecular flexibility index (Phi) is 3.82. The van der Waals surface area contributed by atoms with Crippen molar-refractivity contribution in [1.29, 1.82) is 0 Å². The lowest BCUT2D eigenvalue weighted by Crippen LogP contribution is -2.10. The van der Waals surface area contributed by atoms with Gasteiger partial charge in [-0.15, -0.1) is 0 Å². The summed E-state index contributed by atoms with van der Waals surface area (Å²) in [5.74, 6) is 0. The van der Waals surface area contributed by atoms with Crippen molar-refractivity contribution >= 4 is 0 Å². The van der Waals surface area contributed by atoms with E-state index in [1.807, 2.05) is 0 Å². The van der Waals surface area contributed by atoms with Gasteiger partial charge in [0.1, 0.15) is 0 Å². The molecule has 3 nitrogen and oxygen atoms in total. The first kappa shape index (κ1) is 12.8. The number of para-hydroxylation sites is 1. The Labute approximate surface area is 109 Å². The van der Waals surface area contributed by atoms with Crippen molar-refractivity contribution in [3.05, 3.63) is 46.8 Å². The van der Waals surface area contributed by atoms with E-state index in [4.69, 9.17) is 10.8 Å². The largest absolute Gasteiger partial charge is 0.326 e. The summed E-state index contributed by atoms with van der Waals surface area (Å²) in [6, 6.07) is 8.43. The Morgan fingerprint density at radius 2 is 2.00 bits per heavy atom. The van der Waals surface area contributed by atoms with Crippen LogP contribution in [0.3, 0.4) is 0 Å². The van der Waals surface area contributed by atoms with Crippen LogP contribution in [-0.2, 0) is 19.4 Å². The smallest absolute Gasteiger partial charge is 0.0722 e. The lowest BCUT2D eigenvalue weighted by molar-refractivity contribution is 0.778. The summed E-state index contributed by atoms with van der Waals surface area (Å²) >= 11 is 0. The van der Waals surface area contributed by atoms with Crippen molar-refractivity contribution in [2.24, 2.45) is 5.73 Å². The van der Waals surface area contributed by atoms with Gasteiger partial charge in [0.25, 0.3) is 0 Å². The molecule has 0 aliphatic carbocycles. The Bertz CT molecular complexity index is 541. The number of nitrogens with zero attached hydrogens (tertiary/aromatic N) is 2. The fraction of sp³-hybridized carbons (Fsp3) is 0.400. The Morgan fingerprint density at radius 1 is 1.22 bits per heavy atom. The van der Waals surface area contributed by atoms with Crippen LogP contribution >= 0.6 is 0 Å². The molecule has 0 aliphatic rings. The van der Waals surface area contributed by atoms with E-state index >= 15 is 0 Å². The molecular formula is C15H21N3. The molecule has 0 unspecified atom stereocenters. The highest BCUT2D eigenvalue weighted by Gasteiger charge is 2.12. The van der Waals surface area contributed by atoms with Gasteiger partial charge in [-0.2, -0.15) is 5.10 Å². The van der Waals surface area contributed by atoms with E-state index in [-0.39, 0.29) is 0 Å². The summed E-state index contributed by atoms with van der Waals surface area (Å²) in [5, 5.41) is 4.70. The number of hydrogen-bond donors (Lipinski definition) is 1. The van der Waals surface area contributed by atoms with E-state index in [1.165, 1.54) is 11.3 Å². The SMILES string of the molecule is CCc1cc(CC)n(-c2c(C)cccc2CN)n1. The zero-order valence-corrected chi connectivity index (χ0v) is 11.4. The molecule has 3 heteroatoms. The molecule has 0 atom stereocenters. The van der Waals surface area contributed by atoms with Crippen LogP contribution in [0.4, 0.5) is 0 Å². The Morgan fingerprint density at radius 3 is 2.61 bits per heavy atom. The second-order valence-electron chi connectivity index (χ2n) is 4.53. The summed E-state index contributed by atoms with van der Waals surface area (Å²) < 4.78 is 2.07. The second-order valence-corrected chi connectivity index (χ2v) is 4.53. The average molecular weight is 243 g/mol. The summed E-state index contributed by atoms with van der Waals surface area (Å²) in [6.45, 7) is 6.95. The minimum absolute atomic E-state index is 0.543. The topological polar surface area (TPSA) is 43.8 Å². The number of benzene rings is 1. The summed E-state index contributed by atoms with van der Waals surface area (Å²) in [7, 11) is 0. The molecule has 1 aromatic heterocycles. The highest BCUT2D eigenvalue weighted by atomic mass is 15.3. The van der Waals surface area contributed by atoms with Crippen LogP contribution in [0.25, 0.3) is 5.69 Å². The Balaban J connectivity index is 2.64. The molecule has 2 aromatic rings. The van der Waals surface area contributed by atoms with Crippen LogP contribution in [0, 0.1) is 6.92 Å². The fourth-order valence-electron chi connectivity index (χ4n) is 2.28. The number of rotatable bonds is 4. The number of aryl methyl sites for hydroxylation is 3. The van der Waals surface area contributed by atoms with E-state index < -0.39 is 0 Å². The molecule has 96 valence electrons. The second kappa shape index (κ2) is 5.36. The van der Waals surface area contributed by atoms with E-state index in [1.54, 1.807) is 0 Å². The predicted molar refractivity (Wildman–Crippen MR) is 74.9 cm³/mol. The molecule has 1 aromatic carbocycles. The first-order valence-electron chi connectivity index (χ1n) is 6.58. The molecule has 0 saturated carbocycles.